The summed E-state index contributed by atoms with van der Waals surface area (Å²) in [7, 11) is 21.1. The van der Waals surface area contributed by atoms with E-state index in [1.807, 2.05) is 98.8 Å². The molecular formula is C88H104ClO18P. The minimum absolute atomic E-state index is 0.458. The van der Waals surface area contributed by atoms with Crippen LogP contribution < -0.4 is 87.0 Å². The number of hydrogen-bond acceptors (Lipinski definition) is 18. The maximum absolute atomic E-state index is 11.0. The van der Waals surface area contributed by atoms with Gasteiger partial charge in [0.2, 0.25) is 17.2 Å². The standard InChI is InChI=1S/C36H46O8.C28H28ClO2P.C24H30O8/c1-25-30(38-3)19-26(20-31(25)39-4)13-15-28-23-33(41-6)29(24-32(28)40-5)16-14-27-21-34(42-7)36(35(22-27)43-8)44-18-12-10-9-11-17-37-2;1-22-19-28(31-3)23(20-27(22)30-2)21-32(29,24-13-7-4-8-14-24,25-15-9-5-10-16-25)26-17-11-6-12-18-26;1-27-19-11-17(15-25)12-20(28-2)23(19)31-9-7-5-6-8-10-32-24-21(29-3)13-18(16-26)14-22(24)30-4/h13-16,19-24H,9-12,17-18H2,1-8H3;4-20H,21H2,1-3H3;11-16H,5-10H2,1-4H3/b15-13+,16-14+;;. The Morgan fingerprint density at radius 2 is 0.602 bits per heavy atom. The van der Waals surface area contributed by atoms with Crippen LogP contribution in [0.25, 0.3) is 24.3 Å². The number of aldehydes is 2. The van der Waals surface area contributed by atoms with Crippen molar-refractivity contribution in [3.8, 4) is 86.2 Å². The average Bonchev–Trinajstić information content (AvgIpc) is 0.701. The van der Waals surface area contributed by atoms with E-state index in [2.05, 4.69) is 78.9 Å². The number of carbonyl (C=O) groups excluding carboxylic acids is 2. The second-order valence-electron chi connectivity index (χ2n) is 24.9. The maximum atomic E-state index is 11.0. The van der Waals surface area contributed by atoms with E-state index in [0.29, 0.717) is 100 Å². The van der Waals surface area contributed by atoms with Crippen LogP contribution >= 0.6 is 17.2 Å². The van der Waals surface area contributed by atoms with Crippen molar-refractivity contribution in [2.75, 3.05) is 119 Å². The molecule has 0 unspecified atom stereocenters. The van der Waals surface area contributed by atoms with Crippen molar-refractivity contribution in [2.24, 2.45) is 0 Å². The zero-order valence-corrected chi connectivity index (χ0v) is 66.6. The second-order valence-corrected chi connectivity index (χ2v) is 31.4. The number of benzene rings is 9. The Bertz CT molecular complexity index is 4100. The molecule has 0 amide bonds. The number of methoxy groups -OCH3 is 13. The molecule has 9 aromatic carbocycles. The molecule has 0 heterocycles. The van der Waals surface area contributed by atoms with Crippen LogP contribution in [0, 0.1) is 13.8 Å². The van der Waals surface area contributed by atoms with Crippen LogP contribution in [0.3, 0.4) is 0 Å². The molecule has 0 spiro atoms. The van der Waals surface area contributed by atoms with Crippen LogP contribution in [0.4, 0.5) is 0 Å². The zero-order valence-electron chi connectivity index (χ0n) is 64.9. The molecule has 0 fully saturated rings. The third-order valence-electron chi connectivity index (χ3n) is 18.2. The van der Waals surface area contributed by atoms with Crippen LogP contribution in [0.15, 0.2) is 164 Å². The number of aryl methyl sites for hydroxylation is 1. The van der Waals surface area contributed by atoms with E-state index in [4.69, 9.17) is 87.0 Å². The molecule has 9 aromatic rings. The molecule has 0 radical (unpaired) electrons. The number of ether oxygens (including phenoxy) is 16. The van der Waals surface area contributed by atoms with Crippen molar-refractivity contribution in [3.05, 3.63) is 214 Å². The van der Waals surface area contributed by atoms with Gasteiger partial charge in [0.25, 0.3) is 0 Å². The van der Waals surface area contributed by atoms with Gasteiger partial charge in [0.15, 0.2) is 34.5 Å². The average molecular weight is 1520 g/mol. The van der Waals surface area contributed by atoms with E-state index in [1.54, 1.807) is 88.3 Å². The van der Waals surface area contributed by atoms with Crippen LogP contribution in [0.5, 0.6) is 86.2 Å². The van der Waals surface area contributed by atoms with E-state index in [1.165, 1.54) is 28.4 Å². The predicted octanol–water partition coefficient (Wildman–Crippen LogP) is 18.5. The summed E-state index contributed by atoms with van der Waals surface area (Å²) in [6.45, 7) is 6.34. The molecule has 0 N–H and O–H groups in total. The SMILES string of the molecule is COCCCCCCOc1c(OC)cc(/C=C/c2cc(OC)c(/C=C/c3cc(OC)c(C)c(OC)c3)cc2OC)cc1OC.COc1cc(C=O)cc(OC)c1OCCCCCCOc1c(OC)cc(C=O)cc1OC.COc1cc(CP(Cl)(c2ccccc2)(c2ccccc2)c2ccccc2)c(OC)cc1C. The number of unbranched alkanes of at least 4 members (excludes halogenated alkanes) is 6. The van der Waals surface area contributed by atoms with Crippen molar-refractivity contribution in [1.29, 1.82) is 0 Å². The summed E-state index contributed by atoms with van der Waals surface area (Å²) in [6.07, 6.45) is 17.7. The fraction of sp³-hybridized carbons (Fsp3) is 0.318. The monoisotopic (exact) mass is 1510 g/mol. The van der Waals surface area contributed by atoms with Crippen molar-refractivity contribution >= 4 is 70.0 Å². The van der Waals surface area contributed by atoms with Gasteiger partial charge in [-0.1, -0.05) is 30.7 Å². The summed E-state index contributed by atoms with van der Waals surface area (Å²) in [4.78, 5) is 22.1. The molecule has 0 aliphatic heterocycles. The van der Waals surface area contributed by atoms with Gasteiger partial charge in [-0.25, -0.2) is 0 Å². The number of carbonyl (C=O) groups is 2. The molecule has 576 valence electrons. The molecule has 18 nitrogen and oxygen atoms in total. The van der Waals surface area contributed by atoms with E-state index < -0.39 is 5.96 Å². The molecule has 9 rings (SSSR count). The van der Waals surface area contributed by atoms with Gasteiger partial charge in [-0.15, -0.1) is 0 Å². The number of hydrogen-bond donors (Lipinski definition) is 0. The number of rotatable bonds is 40. The van der Waals surface area contributed by atoms with Crippen LogP contribution in [-0.4, -0.2) is 131 Å². The Morgan fingerprint density at radius 1 is 0.306 bits per heavy atom. The van der Waals surface area contributed by atoms with E-state index in [-0.39, 0.29) is 0 Å². The topological polar surface area (TPSA) is 182 Å². The van der Waals surface area contributed by atoms with Crippen LogP contribution in [0.1, 0.15) is 111 Å². The predicted molar refractivity (Wildman–Crippen MR) is 435 cm³/mol. The molecule has 0 saturated heterocycles. The van der Waals surface area contributed by atoms with Gasteiger partial charge in [0.1, 0.15) is 35.6 Å². The van der Waals surface area contributed by atoms with Gasteiger partial charge >= 0.3 is 196 Å². The first kappa shape index (κ1) is 84.7. The summed E-state index contributed by atoms with van der Waals surface area (Å²) >= 11 is 8.21. The van der Waals surface area contributed by atoms with Gasteiger partial charge in [0.05, 0.1) is 90.9 Å². The van der Waals surface area contributed by atoms with E-state index in [9.17, 15) is 9.59 Å². The van der Waals surface area contributed by atoms with Gasteiger partial charge < -0.3 is 66.3 Å². The Kier molecular flexibility index (Phi) is 34.0. The molecule has 0 aliphatic carbocycles. The molecule has 0 saturated carbocycles. The molecular weight excluding hydrogens is 1410 g/mol. The van der Waals surface area contributed by atoms with Gasteiger partial charge in [-0.2, -0.15) is 0 Å². The first-order valence-electron chi connectivity index (χ1n) is 35.6. The van der Waals surface area contributed by atoms with Crippen LogP contribution in [-0.2, 0) is 10.9 Å². The Balaban J connectivity index is 0.000000230. The molecule has 0 aliphatic rings. The molecule has 0 bridgehead atoms. The van der Waals surface area contributed by atoms with Crippen molar-refractivity contribution in [1.82, 2.24) is 0 Å². The quantitative estimate of drug-likeness (QED) is 0.0153. The van der Waals surface area contributed by atoms with E-state index in [0.717, 1.165) is 148 Å². The van der Waals surface area contributed by atoms with Crippen molar-refractivity contribution in [3.63, 3.8) is 0 Å². The van der Waals surface area contributed by atoms with Gasteiger partial charge in [-0.05, 0) is 124 Å². The summed E-state index contributed by atoms with van der Waals surface area (Å²) in [5.41, 5.74) is 7.46. The minimum atomic E-state index is -3.45. The Morgan fingerprint density at radius 3 is 0.898 bits per heavy atom. The summed E-state index contributed by atoms with van der Waals surface area (Å²) in [6, 6.07) is 53.7. The normalized spacial score (nSPS) is 11.3. The first-order valence-corrected chi connectivity index (χ1v) is 38.9. The summed E-state index contributed by atoms with van der Waals surface area (Å²) < 4.78 is 89.5. The van der Waals surface area contributed by atoms with Gasteiger partial charge in [0, 0.05) is 41.5 Å². The Hall–Kier alpha value is -10.5. The first-order chi connectivity index (χ1) is 52.5. The van der Waals surface area contributed by atoms with E-state index >= 15 is 0 Å². The summed E-state index contributed by atoms with van der Waals surface area (Å²) in [5, 5.41) is 3.37. The zero-order chi connectivity index (χ0) is 77.9. The fourth-order valence-electron chi connectivity index (χ4n) is 12.4. The molecule has 0 atom stereocenters. The molecule has 108 heavy (non-hydrogen) atoms. The third kappa shape index (κ3) is 21.9. The van der Waals surface area contributed by atoms with Gasteiger partial charge in [-0.3, -0.25) is 9.59 Å². The molecule has 20 heteroatoms. The second kappa shape index (κ2) is 43.3. The fourth-order valence-corrected chi connectivity index (χ4v) is 18.5. The number of halogens is 1. The third-order valence-corrected chi connectivity index (χ3v) is 25.3. The van der Waals surface area contributed by atoms with Crippen molar-refractivity contribution in [2.45, 2.75) is 71.4 Å². The Labute approximate surface area is 642 Å². The summed E-state index contributed by atoms with van der Waals surface area (Å²) in [5.74, 6) is 5.76. The van der Waals surface area contributed by atoms with Crippen molar-refractivity contribution < 1.29 is 85.4 Å². The molecule has 0 aromatic heterocycles. The van der Waals surface area contributed by atoms with Crippen LogP contribution in [0.2, 0.25) is 0 Å².